The van der Waals surface area contributed by atoms with Gasteiger partial charge in [0.1, 0.15) is 10.8 Å². The van der Waals surface area contributed by atoms with E-state index in [1.165, 1.54) is 17.0 Å². The van der Waals surface area contributed by atoms with E-state index in [1.54, 1.807) is 11.3 Å². The number of nitrogens with zero attached hydrogens (tertiary/aromatic N) is 1. The maximum atomic E-state index is 13.3. The first-order chi connectivity index (χ1) is 9.92. The Balaban J connectivity index is 2.16. The Hall–Kier alpha value is -1.47. The van der Waals surface area contributed by atoms with Crippen molar-refractivity contribution in [2.24, 2.45) is 0 Å². The summed E-state index contributed by atoms with van der Waals surface area (Å²) < 4.78 is 13.7. The summed E-state index contributed by atoms with van der Waals surface area (Å²) in [6, 6.07) is 2.29. The summed E-state index contributed by atoms with van der Waals surface area (Å²) in [5.41, 5.74) is 5.75. The third-order valence-corrected chi connectivity index (χ3v) is 4.95. The molecule has 1 atom stereocenters. The van der Waals surface area contributed by atoms with Crippen molar-refractivity contribution in [2.75, 3.05) is 5.73 Å². The molecule has 7 heteroatoms. The molecule has 1 heterocycles. The highest BCUT2D eigenvalue weighted by Crippen LogP contribution is 2.25. The molecule has 0 saturated heterocycles. The Bertz CT molecular complexity index is 674. The van der Waals surface area contributed by atoms with Gasteiger partial charge in [-0.3, -0.25) is 4.79 Å². The summed E-state index contributed by atoms with van der Waals surface area (Å²) in [5, 5.41) is 3.68. The van der Waals surface area contributed by atoms with Crippen LogP contribution in [-0.4, -0.2) is 10.9 Å². The molecule has 3 N–H and O–H groups in total. The lowest BCUT2D eigenvalue weighted by Crippen LogP contribution is -2.27. The van der Waals surface area contributed by atoms with E-state index in [9.17, 15) is 9.18 Å². The number of carbonyl (C=O) groups is 1. The maximum Gasteiger partial charge on any atom is 0.253 e. The molecule has 0 aliphatic rings. The minimum atomic E-state index is -0.556. The van der Waals surface area contributed by atoms with Crippen LogP contribution in [-0.2, 0) is 6.42 Å². The van der Waals surface area contributed by atoms with Crippen molar-refractivity contribution in [3.05, 3.63) is 44.1 Å². The van der Waals surface area contributed by atoms with Crippen LogP contribution in [0.4, 0.5) is 10.1 Å². The lowest BCUT2D eigenvalue weighted by Gasteiger charge is -2.13. The number of hydrogen-bond acceptors (Lipinski definition) is 4. The van der Waals surface area contributed by atoms with Crippen molar-refractivity contribution >= 4 is 38.9 Å². The van der Waals surface area contributed by atoms with Gasteiger partial charge in [-0.2, -0.15) is 0 Å². The molecular formula is C14H15BrFN3OS. The minimum Gasteiger partial charge on any atom is -0.396 e. The van der Waals surface area contributed by atoms with Gasteiger partial charge in [0.2, 0.25) is 0 Å². The van der Waals surface area contributed by atoms with Gasteiger partial charge in [-0.25, -0.2) is 9.37 Å². The van der Waals surface area contributed by atoms with Crippen LogP contribution in [0.25, 0.3) is 0 Å². The van der Waals surface area contributed by atoms with E-state index in [4.69, 9.17) is 5.73 Å². The molecule has 0 spiro atoms. The average molecular weight is 372 g/mol. The topological polar surface area (TPSA) is 68.0 Å². The van der Waals surface area contributed by atoms with Crippen LogP contribution < -0.4 is 11.1 Å². The van der Waals surface area contributed by atoms with Crippen LogP contribution in [0, 0.1) is 5.82 Å². The number of benzene rings is 1. The van der Waals surface area contributed by atoms with Gasteiger partial charge in [0.25, 0.3) is 5.91 Å². The number of aryl methyl sites for hydroxylation is 1. The van der Waals surface area contributed by atoms with Gasteiger partial charge >= 0.3 is 0 Å². The molecule has 1 unspecified atom stereocenters. The van der Waals surface area contributed by atoms with Crippen molar-refractivity contribution < 1.29 is 9.18 Å². The summed E-state index contributed by atoms with van der Waals surface area (Å²) in [6.45, 7) is 3.91. The molecular weight excluding hydrogens is 357 g/mol. The number of amides is 1. The molecule has 0 radical (unpaired) electrons. The first kappa shape index (κ1) is 15.9. The number of carbonyl (C=O) groups excluding carboxylic acids is 1. The summed E-state index contributed by atoms with van der Waals surface area (Å²) in [7, 11) is 0. The zero-order valence-corrected chi connectivity index (χ0v) is 14.0. The van der Waals surface area contributed by atoms with E-state index in [2.05, 4.69) is 33.2 Å². The van der Waals surface area contributed by atoms with Gasteiger partial charge in [0, 0.05) is 15.5 Å². The van der Waals surface area contributed by atoms with Crippen LogP contribution in [0.3, 0.4) is 0 Å². The van der Waals surface area contributed by atoms with Crippen LogP contribution in [0.15, 0.2) is 22.8 Å². The summed E-state index contributed by atoms with van der Waals surface area (Å²) in [5.74, 6) is -0.881. The molecule has 112 valence electrons. The molecule has 0 saturated carbocycles. The second kappa shape index (κ2) is 6.53. The third-order valence-electron chi connectivity index (χ3n) is 2.97. The molecule has 0 fully saturated rings. The van der Waals surface area contributed by atoms with Crippen LogP contribution in [0.5, 0.6) is 0 Å². The first-order valence-corrected chi connectivity index (χ1v) is 8.03. The highest BCUT2D eigenvalue weighted by atomic mass is 79.9. The highest BCUT2D eigenvalue weighted by Gasteiger charge is 2.18. The molecule has 1 aromatic heterocycles. The Morgan fingerprint density at radius 2 is 2.29 bits per heavy atom. The smallest absolute Gasteiger partial charge is 0.253 e. The second-order valence-electron chi connectivity index (χ2n) is 4.57. The predicted molar refractivity (Wildman–Crippen MR) is 85.9 cm³/mol. The van der Waals surface area contributed by atoms with E-state index in [1.807, 2.05) is 13.1 Å². The lowest BCUT2D eigenvalue weighted by atomic mass is 10.1. The van der Waals surface area contributed by atoms with Gasteiger partial charge in [-0.15, -0.1) is 11.3 Å². The standard InChI is InChI=1S/C14H15BrFN3OS/c1-3-8-6-18-14(21-8)7(2)19-13(20)9-4-12(17)11(16)5-10(9)15/h4-7H,3,17H2,1-2H3,(H,19,20). The molecule has 21 heavy (non-hydrogen) atoms. The largest absolute Gasteiger partial charge is 0.396 e. The SMILES string of the molecule is CCc1cnc(C(C)NC(=O)c2cc(N)c(F)cc2Br)s1. The monoisotopic (exact) mass is 371 g/mol. The molecule has 1 aromatic carbocycles. The van der Waals surface area contributed by atoms with Gasteiger partial charge in [0.15, 0.2) is 0 Å². The Morgan fingerprint density at radius 3 is 2.90 bits per heavy atom. The Labute approximate surface area is 134 Å². The van der Waals surface area contributed by atoms with Crippen molar-refractivity contribution in [3.8, 4) is 0 Å². The number of thiazole rings is 1. The Morgan fingerprint density at radius 1 is 1.57 bits per heavy atom. The lowest BCUT2D eigenvalue weighted by molar-refractivity contribution is 0.0939. The quantitative estimate of drug-likeness (QED) is 0.805. The van der Waals surface area contributed by atoms with Crippen molar-refractivity contribution in [3.63, 3.8) is 0 Å². The van der Waals surface area contributed by atoms with Gasteiger partial charge in [0.05, 0.1) is 17.3 Å². The van der Waals surface area contributed by atoms with E-state index in [0.29, 0.717) is 10.0 Å². The number of rotatable bonds is 4. The van der Waals surface area contributed by atoms with Crippen LogP contribution >= 0.6 is 27.3 Å². The zero-order chi connectivity index (χ0) is 15.6. The molecule has 0 aliphatic carbocycles. The van der Waals surface area contributed by atoms with E-state index in [-0.39, 0.29) is 17.6 Å². The van der Waals surface area contributed by atoms with Gasteiger partial charge in [-0.05, 0) is 41.4 Å². The Kier molecular flexibility index (Phi) is 4.95. The minimum absolute atomic E-state index is 0.0569. The third kappa shape index (κ3) is 3.59. The molecule has 2 rings (SSSR count). The number of halogens is 2. The average Bonchev–Trinajstić information content (AvgIpc) is 2.91. The maximum absolute atomic E-state index is 13.3. The van der Waals surface area contributed by atoms with E-state index < -0.39 is 5.82 Å². The number of nitrogens with two attached hydrogens (primary N) is 1. The molecule has 4 nitrogen and oxygen atoms in total. The number of aromatic nitrogens is 1. The molecule has 1 amide bonds. The molecule has 0 aliphatic heterocycles. The second-order valence-corrected chi connectivity index (χ2v) is 6.57. The normalized spacial score (nSPS) is 12.2. The first-order valence-electron chi connectivity index (χ1n) is 6.42. The fourth-order valence-electron chi connectivity index (χ4n) is 1.76. The van der Waals surface area contributed by atoms with Crippen molar-refractivity contribution in [1.82, 2.24) is 10.3 Å². The predicted octanol–water partition coefficient (Wildman–Crippen LogP) is 3.68. The number of anilines is 1. The summed E-state index contributed by atoms with van der Waals surface area (Å²) in [6.07, 6.45) is 2.73. The highest BCUT2D eigenvalue weighted by molar-refractivity contribution is 9.10. The van der Waals surface area contributed by atoms with Crippen molar-refractivity contribution in [2.45, 2.75) is 26.3 Å². The van der Waals surface area contributed by atoms with E-state index >= 15 is 0 Å². The number of nitrogens with one attached hydrogen (secondary N) is 1. The molecule has 2 aromatic rings. The van der Waals surface area contributed by atoms with Gasteiger partial charge < -0.3 is 11.1 Å². The van der Waals surface area contributed by atoms with E-state index in [0.717, 1.165) is 11.4 Å². The number of hydrogen-bond donors (Lipinski definition) is 2. The van der Waals surface area contributed by atoms with Crippen LogP contribution in [0.2, 0.25) is 0 Å². The molecule has 0 bridgehead atoms. The zero-order valence-electron chi connectivity index (χ0n) is 11.6. The summed E-state index contributed by atoms with van der Waals surface area (Å²) in [4.78, 5) is 17.7. The summed E-state index contributed by atoms with van der Waals surface area (Å²) >= 11 is 4.74. The van der Waals surface area contributed by atoms with Crippen LogP contribution in [0.1, 0.15) is 40.1 Å². The fraction of sp³-hybridized carbons (Fsp3) is 0.286. The number of nitrogen functional groups attached to an aromatic ring is 1. The fourth-order valence-corrected chi connectivity index (χ4v) is 3.12. The van der Waals surface area contributed by atoms with Gasteiger partial charge in [-0.1, -0.05) is 6.92 Å². The van der Waals surface area contributed by atoms with Crippen molar-refractivity contribution in [1.29, 1.82) is 0 Å².